The third-order valence-electron chi connectivity index (χ3n) is 1.97. The summed E-state index contributed by atoms with van der Waals surface area (Å²) in [6.45, 7) is 1.87. The number of carbonyl (C=O) groups excluding carboxylic acids is 1. The Morgan fingerprint density at radius 1 is 1.29 bits per heavy atom. The molecule has 0 radical (unpaired) electrons. The van der Waals surface area contributed by atoms with E-state index in [4.69, 9.17) is 11.6 Å². The molecule has 0 bridgehead atoms. The van der Waals surface area contributed by atoms with Crippen molar-refractivity contribution in [2.75, 3.05) is 10.6 Å². The van der Waals surface area contributed by atoms with Gasteiger partial charge in [-0.2, -0.15) is 4.37 Å². The van der Waals surface area contributed by atoms with Crippen LogP contribution in [0.4, 0.5) is 15.5 Å². The highest BCUT2D eigenvalue weighted by Crippen LogP contribution is 2.17. The Balaban J connectivity index is 1.95. The molecule has 0 saturated carbocycles. The van der Waals surface area contributed by atoms with Crippen LogP contribution in [0.3, 0.4) is 0 Å². The molecule has 17 heavy (non-hydrogen) atoms. The van der Waals surface area contributed by atoms with Crippen molar-refractivity contribution >= 4 is 39.9 Å². The molecule has 1 heterocycles. The van der Waals surface area contributed by atoms with Gasteiger partial charge >= 0.3 is 6.03 Å². The van der Waals surface area contributed by atoms with Crippen LogP contribution < -0.4 is 10.6 Å². The second-order valence-electron chi connectivity index (χ2n) is 3.42. The molecule has 0 fully saturated rings. The van der Waals surface area contributed by atoms with Crippen LogP contribution in [0.5, 0.6) is 0 Å². The van der Waals surface area contributed by atoms with Gasteiger partial charge in [0.05, 0.1) is 5.69 Å². The first-order valence-corrected chi connectivity index (χ1v) is 6.05. The van der Waals surface area contributed by atoms with E-state index in [0.29, 0.717) is 15.7 Å². The number of urea groups is 1. The maximum absolute atomic E-state index is 11.6. The first kappa shape index (κ1) is 11.9. The largest absolute Gasteiger partial charge is 0.324 e. The lowest BCUT2D eigenvalue weighted by atomic mass is 10.3. The van der Waals surface area contributed by atoms with E-state index < -0.39 is 0 Å². The van der Waals surface area contributed by atoms with Gasteiger partial charge in [-0.15, -0.1) is 0 Å². The lowest BCUT2D eigenvalue weighted by Gasteiger charge is -2.05. The molecule has 0 aliphatic carbocycles. The van der Waals surface area contributed by atoms with Crippen LogP contribution in [0.15, 0.2) is 30.3 Å². The van der Waals surface area contributed by atoms with Crippen LogP contribution in [0.1, 0.15) is 5.69 Å². The quantitative estimate of drug-likeness (QED) is 0.871. The number of carbonyl (C=O) groups is 1. The average molecular weight is 268 g/mol. The minimum atomic E-state index is -0.295. The summed E-state index contributed by atoms with van der Waals surface area (Å²) in [5, 5.41) is 6.75. The molecule has 0 aliphatic heterocycles. The van der Waals surface area contributed by atoms with Crippen molar-refractivity contribution in [3.05, 3.63) is 41.0 Å². The summed E-state index contributed by atoms with van der Waals surface area (Å²) in [4.78, 5) is 11.6. The molecular weight excluding hydrogens is 258 g/mol. The van der Waals surface area contributed by atoms with Crippen LogP contribution in [0.25, 0.3) is 0 Å². The van der Waals surface area contributed by atoms with Crippen molar-refractivity contribution in [3.8, 4) is 0 Å². The van der Waals surface area contributed by atoms with Gasteiger partial charge in [0.1, 0.15) is 5.00 Å². The number of amides is 2. The van der Waals surface area contributed by atoms with E-state index in [0.717, 1.165) is 5.69 Å². The Bertz CT molecular complexity index is 524. The maximum atomic E-state index is 11.6. The number of aromatic nitrogens is 1. The second-order valence-corrected chi connectivity index (χ2v) is 4.66. The van der Waals surface area contributed by atoms with Crippen LogP contribution in [0.2, 0.25) is 5.02 Å². The third kappa shape index (κ3) is 3.44. The number of benzene rings is 1. The van der Waals surface area contributed by atoms with Gasteiger partial charge in [0, 0.05) is 10.7 Å². The first-order valence-electron chi connectivity index (χ1n) is 4.90. The molecule has 0 atom stereocenters. The number of hydrogen-bond acceptors (Lipinski definition) is 3. The van der Waals surface area contributed by atoms with Gasteiger partial charge in [0.2, 0.25) is 0 Å². The maximum Gasteiger partial charge on any atom is 0.324 e. The number of rotatable bonds is 2. The molecule has 0 unspecified atom stereocenters. The molecular formula is C11H10ClN3OS. The van der Waals surface area contributed by atoms with E-state index >= 15 is 0 Å². The summed E-state index contributed by atoms with van der Waals surface area (Å²) in [5.41, 5.74) is 1.57. The van der Waals surface area contributed by atoms with Gasteiger partial charge in [-0.05, 0) is 48.8 Å². The monoisotopic (exact) mass is 267 g/mol. The standard InChI is InChI=1S/C11H10ClN3OS/c1-7-6-10(17-15-7)14-11(16)13-9-4-2-8(12)3-5-9/h2-6H,1H3,(H2,13,14,16). The van der Waals surface area contributed by atoms with E-state index in [1.807, 2.05) is 13.0 Å². The molecule has 0 aliphatic rings. The van der Waals surface area contributed by atoms with E-state index in [1.165, 1.54) is 11.5 Å². The molecule has 2 amide bonds. The minimum absolute atomic E-state index is 0.295. The number of aryl methyl sites for hydroxylation is 1. The summed E-state index contributed by atoms with van der Waals surface area (Å²) in [6, 6.07) is 8.42. The van der Waals surface area contributed by atoms with Crippen molar-refractivity contribution in [3.63, 3.8) is 0 Å². The lowest BCUT2D eigenvalue weighted by Crippen LogP contribution is -2.18. The number of hydrogen-bond donors (Lipinski definition) is 2. The second kappa shape index (κ2) is 5.16. The Kier molecular flexibility index (Phi) is 3.61. The number of nitrogens with one attached hydrogen (secondary N) is 2. The van der Waals surface area contributed by atoms with Gasteiger partial charge < -0.3 is 5.32 Å². The van der Waals surface area contributed by atoms with Crippen LogP contribution >= 0.6 is 23.1 Å². The SMILES string of the molecule is Cc1cc(NC(=O)Nc2ccc(Cl)cc2)sn1. The zero-order valence-electron chi connectivity index (χ0n) is 9.03. The fourth-order valence-corrected chi connectivity index (χ4v) is 2.01. The van der Waals surface area contributed by atoms with Gasteiger partial charge in [0.15, 0.2) is 0 Å². The van der Waals surface area contributed by atoms with E-state index in [2.05, 4.69) is 15.0 Å². The smallest absolute Gasteiger partial charge is 0.308 e. The summed E-state index contributed by atoms with van der Waals surface area (Å²) in [5.74, 6) is 0. The van der Waals surface area contributed by atoms with E-state index in [9.17, 15) is 4.79 Å². The molecule has 0 spiro atoms. The Morgan fingerprint density at radius 2 is 2.00 bits per heavy atom. The molecule has 2 rings (SSSR count). The summed E-state index contributed by atoms with van der Waals surface area (Å²) < 4.78 is 4.07. The van der Waals surface area contributed by atoms with Crippen molar-refractivity contribution in [1.82, 2.24) is 4.37 Å². The van der Waals surface area contributed by atoms with Gasteiger partial charge in [-0.25, -0.2) is 4.79 Å². The van der Waals surface area contributed by atoms with Crippen LogP contribution in [-0.2, 0) is 0 Å². The topological polar surface area (TPSA) is 54.0 Å². The Hall–Kier alpha value is -1.59. The van der Waals surface area contributed by atoms with Gasteiger partial charge in [0.25, 0.3) is 0 Å². The van der Waals surface area contributed by atoms with Crippen molar-refractivity contribution in [2.45, 2.75) is 6.92 Å². The summed E-state index contributed by atoms with van der Waals surface area (Å²) >= 11 is 6.99. The molecule has 6 heteroatoms. The molecule has 4 nitrogen and oxygen atoms in total. The van der Waals surface area contributed by atoms with Crippen LogP contribution in [-0.4, -0.2) is 10.4 Å². The van der Waals surface area contributed by atoms with Crippen molar-refractivity contribution < 1.29 is 4.79 Å². The van der Waals surface area contributed by atoms with Gasteiger partial charge in [-0.3, -0.25) is 5.32 Å². The lowest BCUT2D eigenvalue weighted by molar-refractivity contribution is 0.262. The third-order valence-corrected chi connectivity index (χ3v) is 3.01. The predicted octanol–water partition coefficient (Wildman–Crippen LogP) is 3.75. The number of anilines is 2. The molecule has 2 N–H and O–H groups in total. The number of halogens is 1. The highest BCUT2D eigenvalue weighted by molar-refractivity contribution is 7.10. The fraction of sp³-hybridized carbons (Fsp3) is 0.0909. The van der Waals surface area contributed by atoms with Crippen molar-refractivity contribution in [1.29, 1.82) is 0 Å². The molecule has 2 aromatic rings. The van der Waals surface area contributed by atoms with Gasteiger partial charge in [-0.1, -0.05) is 11.6 Å². The van der Waals surface area contributed by atoms with E-state index in [-0.39, 0.29) is 6.03 Å². The molecule has 1 aromatic carbocycles. The zero-order chi connectivity index (χ0) is 12.3. The Labute approximate surface area is 108 Å². The summed E-state index contributed by atoms with van der Waals surface area (Å²) in [7, 11) is 0. The highest BCUT2D eigenvalue weighted by atomic mass is 35.5. The van der Waals surface area contributed by atoms with Crippen LogP contribution in [0, 0.1) is 6.92 Å². The first-order chi connectivity index (χ1) is 8.13. The molecule has 88 valence electrons. The normalized spacial score (nSPS) is 10.0. The fourth-order valence-electron chi connectivity index (χ4n) is 1.23. The minimum Gasteiger partial charge on any atom is -0.308 e. The highest BCUT2D eigenvalue weighted by Gasteiger charge is 2.04. The van der Waals surface area contributed by atoms with Crippen molar-refractivity contribution in [2.24, 2.45) is 0 Å². The average Bonchev–Trinajstić information content (AvgIpc) is 2.67. The molecule has 0 saturated heterocycles. The Morgan fingerprint density at radius 3 is 2.59 bits per heavy atom. The predicted molar refractivity (Wildman–Crippen MR) is 70.9 cm³/mol. The van der Waals surface area contributed by atoms with E-state index in [1.54, 1.807) is 24.3 Å². The summed E-state index contributed by atoms with van der Waals surface area (Å²) in [6.07, 6.45) is 0. The number of nitrogens with zero attached hydrogens (tertiary/aromatic N) is 1. The molecule has 1 aromatic heterocycles. The zero-order valence-corrected chi connectivity index (χ0v) is 10.6.